The fraction of sp³-hybridized carbons (Fsp3) is 0.250. The van der Waals surface area contributed by atoms with Crippen LogP contribution in [0.1, 0.15) is 24.5 Å². The maximum atomic E-state index is 12.9. The highest BCUT2D eigenvalue weighted by atomic mass is 16.6. The number of carbonyl (C=O) groups is 1. The van der Waals surface area contributed by atoms with Crippen molar-refractivity contribution >= 4 is 23.4 Å². The van der Waals surface area contributed by atoms with Gasteiger partial charge in [0.1, 0.15) is 0 Å². The van der Waals surface area contributed by atoms with Crippen LogP contribution in [-0.2, 0) is 11.2 Å². The maximum Gasteiger partial charge on any atom is 0.294 e. The fourth-order valence-electron chi connectivity index (χ4n) is 2.88. The van der Waals surface area contributed by atoms with Crippen LogP contribution in [0.3, 0.4) is 0 Å². The lowest BCUT2D eigenvalue weighted by Crippen LogP contribution is -2.38. The lowest BCUT2D eigenvalue weighted by molar-refractivity contribution is -0.384. The molecule has 7 nitrogen and oxygen atoms in total. The van der Waals surface area contributed by atoms with Crippen molar-refractivity contribution in [2.75, 3.05) is 18.0 Å². The summed E-state index contributed by atoms with van der Waals surface area (Å²) in [5.74, 6) is 0.252. The van der Waals surface area contributed by atoms with E-state index in [-0.39, 0.29) is 17.4 Å². The molecule has 0 spiro atoms. The number of nitro groups is 1. The van der Waals surface area contributed by atoms with Gasteiger partial charge in [0.15, 0.2) is 11.5 Å². The van der Waals surface area contributed by atoms with Crippen LogP contribution >= 0.6 is 0 Å². The van der Waals surface area contributed by atoms with Crippen LogP contribution in [0.25, 0.3) is 6.08 Å². The summed E-state index contributed by atoms with van der Waals surface area (Å²) in [4.78, 5) is 25.0. The van der Waals surface area contributed by atoms with Crippen LogP contribution in [0.5, 0.6) is 5.75 Å². The Kier molecular flexibility index (Phi) is 5.52. The van der Waals surface area contributed by atoms with Gasteiger partial charge in [0.25, 0.3) is 11.6 Å². The first-order chi connectivity index (χ1) is 13.0. The molecular weight excluding hydrogens is 346 g/mol. The van der Waals surface area contributed by atoms with Crippen molar-refractivity contribution in [3.8, 4) is 5.75 Å². The molecule has 7 heteroatoms. The third kappa shape index (κ3) is 3.98. The summed E-state index contributed by atoms with van der Waals surface area (Å²) < 4.78 is 5.77. The summed E-state index contributed by atoms with van der Waals surface area (Å²) in [6, 6.07) is 12.1. The molecule has 0 atom stereocenters. The first kappa shape index (κ1) is 18.6. The summed E-state index contributed by atoms with van der Waals surface area (Å²) >= 11 is 0. The van der Waals surface area contributed by atoms with E-state index in [4.69, 9.17) is 10.5 Å². The molecule has 2 aromatic carbocycles. The molecule has 0 aromatic heterocycles. The predicted octanol–water partition coefficient (Wildman–Crippen LogP) is 3.27. The lowest BCUT2D eigenvalue weighted by Gasteiger charge is -2.30. The van der Waals surface area contributed by atoms with Crippen molar-refractivity contribution in [3.05, 3.63) is 69.5 Å². The topological polar surface area (TPSA) is 98.7 Å². The minimum absolute atomic E-state index is 0.0921. The van der Waals surface area contributed by atoms with E-state index >= 15 is 0 Å². The van der Waals surface area contributed by atoms with E-state index in [1.165, 1.54) is 28.7 Å². The van der Waals surface area contributed by atoms with Gasteiger partial charge in [-0.15, -0.1) is 0 Å². The molecule has 2 N–H and O–H groups in total. The van der Waals surface area contributed by atoms with Crippen LogP contribution in [0.4, 0.5) is 11.4 Å². The number of nitro benzene ring substituents is 1. The van der Waals surface area contributed by atoms with Crippen molar-refractivity contribution in [2.45, 2.75) is 19.8 Å². The number of rotatable bonds is 6. The average Bonchev–Trinajstić information content (AvgIpc) is 2.68. The second-order valence-corrected chi connectivity index (χ2v) is 6.21. The molecular formula is C20H21N3O4. The molecule has 0 unspecified atom stereocenters. The van der Waals surface area contributed by atoms with E-state index in [9.17, 15) is 14.9 Å². The van der Waals surface area contributed by atoms with Gasteiger partial charge in [0, 0.05) is 18.7 Å². The van der Waals surface area contributed by atoms with Gasteiger partial charge in [0.2, 0.25) is 0 Å². The summed E-state index contributed by atoms with van der Waals surface area (Å²) in [6.45, 7) is 2.85. The molecule has 0 fully saturated rings. The Balaban J connectivity index is 1.99. The van der Waals surface area contributed by atoms with Crippen molar-refractivity contribution in [2.24, 2.45) is 5.73 Å². The van der Waals surface area contributed by atoms with Gasteiger partial charge >= 0.3 is 0 Å². The molecule has 1 amide bonds. The number of anilines is 1. The number of amides is 1. The highest BCUT2D eigenvalue weighted by Gasteiger charge is 2.31. The number of carbonyl (C=O) groups excluding carboxylic acids is 1. The second-order valence-electron chi connectivity index (χ2n) is 6.21. The summed E-state index contributed by atoms with van der Waals surface area (Å²) in [7, 11) is 0. The Morgan fingerprint density at radius 2 is 1.96 bits per heavy atom. The number of nitrogens with two attached hydrogens (primary N) is 1. The SMILES string of the molecule is CCc1ccc(/C=C2/Oc3ccc([N+](=O)[O-])cc3N(CCCN)C2=O)cc1. The Hall–Kier alpha value is -3.19. The fourth-order valence-corrected chi connectivity index (χ4v) is 2.88. The van der Waals surface area contributed by atoms with Gasteiger partial charge in [0.05, 0.1) is 10.6 Å². The molecule has 0 radical (unpaired) electrons. The van der Waals surface area contributed by atoms with Gasteiger partial charge in [-0.2, -0.15) is 0 Å². The number of non-ortho nitro benzene ring substituents is 1. The zero-order valence-corrected chi connectivity index (χ0v) is 15.1. The molecule has 2 aromatic rings. The Labute approximate surface area is 157 Å². The third-order valence-corrected chi connectivity index (χ3v) is 4.39. The van der Waals surface area contributed by atoms with Crippen LogP contribution in [0, 0.1) is 10.1 Å². The standard InChI is InChI=1S/C20H21N3O4/c1-2-14-4-6-15(7-5-14)12-19-20(24)22(11-3-10-21)17-13-16(23(25)26)8-9-18(17)27-19/h4-9,12-13H,2-3,10-11,21H2,1H3/b19-12+. The molecule has 0 saturated heterocycles. The van der Waals surface area contributed by atoms with Gasteiger partial charge in [-0.3, -0.25) is 14.9 Å². The van der Waals surface area contributed by atoms with Gasteiger partial charge in [-0.05, 0) is 42.7 Å². The Bertz CT molecular complexity index is 891. The van der Waals surface area contributed by atoms with E-state index in [0.29, 0.717) is 30.9 Å². The smallest absolute Gasteiger partial charge is 0.294 e. The quantitative estimate of drug-likeness (QED) is 0.480. The first-order valence-corrected chi connectivity index (χ1v) is 8.82. The Morgan fingerprint density at radius 1 is 1.22 bits per heavy atom. The molecule has 27 heavy (non-hydrogen) atoms. The van der Waals surface area contributed by atoms with Crippen LogP contribution in [-0.4, -0.2) is 23.9 Å². The number of ether oxygens (including phenoxy) is 1. The van der Waals surface area contributed by atoms with Crippen molar-refractivity contribution in [1.29, 1.82) is 0 Å². The van der Waals surface area contributed by atoms with Crippen molar-refractivity contribution < 1.29 is 14.5 Å². The van der Waals surface area contributed by atoms with Crippen LogP contribution in [0.2, 0.25) is 0 Å². The predicted molar refractivity (Wildman–Crippen MR) is 104 cm³/mol. The van der Waals surface area contributed by atoms with Crippen molar-refractivity contribution in [1.82, 2.24) is 0 Å². The van der Waals surface area contributed by atoms with E-state index in [2.05, 4.69) is 6.92 Å². The molecule has 1 aliphatic heterocycles. The number of nitrogens with zero attached hydrogens (tertiary/aromatic N) is 2. The molecule has 0 saturated carbocycles. The minimum Gasteiger partial charge on any atom is -0.449 e. The molecule has 0 aliphatic carbocycles. The zero-order chi connectivity index (χ0) is 19.4. The Morgan fingerprint density at radius 3 is 2.59 bits per heavy atom. The molecule has 1 heterocycles. The van der Waals surface area contributed by atoms with Crippen LogP contribution in [0.15, 0.2) is 48.2 Å². The maximum absolute atomic E-state index is 12.9. The number of aryl methyl sites for hydroxylation is 1. The summed E-state index contributed by atoms with van der Waals surface area (Å²) in [5, 5.41) is 11.1. The lowest BCUT2D eigenvalue weighted by atomic mass is 10.1. The third-order valence-electron chi connectivity index (χ3n) is 4.39. The zero-order valence-electron chi connectivity index (χ0n) is 15.1. The molecule has 140 valence electrons. The van der Waals surface area contributed by atoms with E-state index in [0.717, 1.165) is 12.0 Å². The van der Waals surface area contributed by atoms with Crippen LogP contribution < -0.4 is 15.4 Å². The monoisotopic (exact) mass is 367 g/mol. The normalized spacial score (nSPS) is 14.8. The summed E-state index contributed by atoms with van der Waals surface area (Å²) in [5.41, 5.74) is 7.93. The summed E-state index contributed by atoms with van der Waals surface area (Å²) in [6.07, 6.45) is 3.19. The molecule has 3 rings (SSSR count). The number of hydrogen-bond acceptors (Lipinski definition) is 5. The average molecular weight is 367 g/mol. The largest absolute Gasteiger partial charge is 0.449 e. The second kappa shape index (κ2) is 8.01. The number of fused-ring (bicyclic) bond motifs is 1. The van der Waals surface area contributed by atoms with E-state index in [1.54, 1.807) is 6.08 Å². The number of hydrogen-bond donors (Lipinski definition) is 1. The van der Waals surface area contributed by atoms with E-state index < -0.39 is 4.92 Å². The molecule has 1 aliphatic rings. The van der Waals surface area contributed by atoms with Crippen molar-refractivity contribution in [3.63, 3.8) is 0 Å². The van der Waals surface area contributed by atoms with Gasteiger partial charge in [-0.25, -0.2) is 0 Å². The van der Waals surface area contributed by atoms with Gasteiger partial charge in [-0.1, -0.05) is 31.2 Å². The highest BCUT2D eigenvalue weighted by molar-refractivity contribution is 6.10. The molecule has 0 bridgehead atoms. The van der Waals surface area contributed by atoms with E-state index in [1.807, 2.05) is 24.3 Å². The minimum atomic E-state index is -0.494. The highest BCUT2D eigenvalue weighted by Crippen LogP contribution is 2.38. The van der Waals surface area contributed by atoms with Gasteiger partial charge < -0.3 is 15.4 Å². The first-order valence-electron chi connectivity index (χ1n) is 8.82. The number of benzene rings is 2.